The highest BCUT2D eigenvalue weighted by molar-refractivity contribution is 7.90. The summed E-state index contributed by atoms with van der Waals surface area (Å²) in [5.41, 5.74) is 1.08. The first-order valence-corrected chi connectivity index (χ1v) is 12.1. The predicted molar refractivity (Wildman–Crippen MR) is 126 cm³/mol. The Hall–Kier alpha value is -1.71. The first-order chi connectivity index (χ1) is 13.7. The number of fused-ring (bicyclic) bond motifs is 1. The van der Waals surface area contributed by atoms with Gasteiger partial charge in [0.25, 0.3) is 5.91 Å². The summed E-state index contributed by atoms with van der Waals surface area (Å²) in [4.78, 5) is 21.7. The third kappa shape index (κ3) is 5.70. The monoisotopic (exact) mass is 487 g/mol. The molecule has 1 amide bonds. The molecule has 10 heteroatoms. The Bertz CT molecular complexity index is 1130. The molecule has 0 N–H and O–H groups in total. The van der Waals surface area contributed by atoms with Gasteiger partial charge in [0.1, 0.15) is 5.52 Å². The molecule has 0 spiro atoms. The van der Waals surface area contributed by atoms with Crippen LogP contribution in [0.3, 0.4) is 0 Å². The van der Waals surface area contributed by atoms with Crippen molar-refractivity contribution in [3.8, 4) is 0 Å². The molecular formula is C20H23Cl2N3O3S2. The number of nitrogens with zero attached hydrogens (tertiary/aromatic N) is 3. The molecule has 0 aliphatic rings. The van der Waals surface area contributed by atoms with Gasteiger partial charge in [-0.1, -0.05) is 29.0 Å². The SMILES string of the molecule is CN(C)CCCN(C(=O)c1ccc(S(C)(=O)=O)cc1)c1nc2c(Cl)cccc2s1.Cl. The lowest BCUT2D eigenvalue weighted by molar-refractivity contribution is 0.0986. The number of carbonyl (C=O) groups is 1. The Kier molecular flexibility index (Phi) is 8.24. The van der Waals surface area contributed by atoms with E-state index in [2.05, 4.69) is 9.88 Å². The number of hydrogen-bond acceptors (Lipinski definition) is 6. The van der Waals surface area contributed by atoms with Crippen molar-refractivity contribution in [2.24, 2.45) is 0 Å². The zero-order valence-corrected chi connectivity index (χ0v) is 20.0. The van der Waals surface area contributed by atoms with Gasteiger partial charge in [0.15, 0.2) is 15.0 Å². The Balaban J connectivity index is 0.00000320. The molecule has 0 aliphatic carbocycles. The van der Waals surface area contributed by atoms with Crippen LogP contribution in [0.25, 0.3) is 10.2 Å². The number of halogens is 2. The van der Waals surface area contributed by atoms with Crippen molar-refractivity contribution >= 4 is 66.4 Å². The van der Waals surface area contributed by atoms with E-state index < -0.39 is 9.84 Å². The number of carbonyl (C=O) groups excluding carboxylic acids is 1. The molecule has 30 heavy (non-hydrogen) atoms. The lowest BCUT2D eigenvalue weighted by Gasteiger charge is -2.21. The zero-order valence-electron chi connectivity index (χ0n) is 16.8. The van der Waals surface area contributed by atoms with E-state index in [0.29, 0.717) is 27.8 Å². The van der Waals surface area contributed by atoms with E-state index in [1.807, 2.05) is 26.2 Å². The summed E-state index contributed by atoms with van der Waals surface area (Å²) in [6.07, 6.45) is 1.91. The van der Waals surface area contributed by atoms with E-state index in [0.717, 1.165) is 23.9 Å². The molecule has 0 fully saturated rings. The Morgan fingerprint density at radius 3 is 2.33 bits per heavy atom. The van der Waals surface area contributed by atoms with Crippen molar-refractivity contribution in [3.63, 3.8) is 0 Å². The van der Waals surface area contributed by atoms with Gasteiger partial charge in [-0.25, -0.2) is 13.4 Å². The van der Waals surface area contributed by atoms with E-state index in [1.165, 1.54) is 35.6 Å². The van der Waals surface area contributed by atoms with Gasteiger partial charge in [-0.05, 0) is 63.5 Å². The number of hydrogen-bond donors (Lipinski definition) is 0. The van der Waals surface area contributed by atoms with E-state index >= 15 is 0 Å². The molecule has 0 aliphatic heterocycles. The summed E-state index contributed by atoms with van der Waals surface area (Å²) in [5.74, 6) is -0.223. The molecule has 0 unspecified atom stereocenters. The first kappa shape index (κ1) is 24.6. The molecule has 1 aromatic heterocycles. The summed E-state index contributed by atoms with van der Waals surface area (Å²) >= 11 is 7.66. The standard InChI is InChI=1S/C20H22ClN3O3S2.ClH/c1-23(2)12-5-13-24(20-22-18-16(21)6-4-7-17(18)28-20)19(25)14-8-10-15(11-9-14)29(3,26)27;/h4,6-11H,5,12-13H2,1-3H3;1H. The summed E-state index contributed by atoms with van der Waals surface area (Å²) < 4.78 is 24.3. The highest BCUT2D eigenvalue weighted by Gasteiger charge is 2.22. The molecule has 0 saturated heterocycles. The first-order valence-electron chi connectivity index (χ1n) is 8.98. The largest absolute Gasteiger partial charge is 0.309 e. The molecular weight excluding hydrogens is 465 g/mol. The number of anilines is 1. The molecule has 0 atom stereocenters. The molecule has 6 nitrogen and oxygen atoms in total. The summed E-state index contributed by atoms with van der Waals surface area (Å²) in [7, 11) is 0.641. The number of aromatic nitrogens is 1. The molecule has 2 aromatic carbocycles. The van der Waals surface area contributed by atoms with Gasteiger partial charge in [0.05, 0.1) is 14.6 Å². The fraction of sp³-hybridized carbons (Fsp3) is 0.300. The predicted octanol–water partition coefficient (Wildman–Crippen LogP) is 4.37. The van der Waals surface area contributed by atoms with Crippen LogP contribution in [0.15, 0.2) is 47.4 Å². The molecule has 1 heterocycles. The topological polar surface area (TPSA) is 70.6 Å². The molecule has 3 aromatic rings. The third-order valence-corrected chi connectivity index (χ3v) is 6.83. The second kappa shape index (κ2) is 10.1. The lowest BCUT2D eigenvalue weighted by Crippen LogP contribution is -2.33. The zero-order chi connectivity index (χ0) is 21.2. The summed E-state index contributed by atoms with van der Waals surface area (Å²) in [5, 5.41) is 1.12. The van der Waals surface area contributed by atoms with Crippen molar-refractivity contribution in [1.29, 1.82) is 0 Å². The van der Waals surface area contributed by atoms with Crippen molar-refractivity contribution in [2.45, 2.75) is 11.3 Å². The number of sulfone groups is 1. The Labute approximate surface area is 191 Å². The van der Waals surface area contributed by atoms with E-state index in [9.17, 15) is 13.2 Å². The number of benzene rings is 2. The fourth-order valence-electron chi connectivity index (χ4n) is 2.85. The number of amides is 1. The van der Waals surface area contributed by atoms with Crippen LogP contribution in [0, 0.1) is 0 Å². The minimum atomic E-state index is -3.32. The van der Waals surface area contributed by atoms with Crippen molar-refractivity contribution < 1.29 is 13.2 Å². The van der Waals surface area contributed by atoms with Crippen LogP contribution in [-0.2, 0) is 9.84 Å². The second-order valence-electron chi connectivity index (χ2n) is 6.99. The Morgan fingerprint density at radius 2 is 1.77 bits per heavy atom. The fourth-order valence-corrected chi connectivity index (χ4v) is 4.77. The van der Waals surface area contributed by atoms with Crippen LogP contribution in [-0.4, -0.2) is 57.6 Å². The number of para-hydroxylation sites is 1. The van der Waals surface area contributed by atoms with Gasteiger partial charge >= 0.3 is 0 Å². The molecule has 0 saturated carbocycles. The van der Waals surface area contributed by atoms with Crippen LogP contribution in [0.5, 0.6) is 0 Å². The van der Waals surface area contributed by atoms with E-state index in [1.54, 1.807) is 11.0 Å². The maximum atomic E-state index is 13.2. The second-order valence-corrected chi connectivity index (χ2v) is 10.4. The van der Waals surface area contributed by atoms with Gasteiger partial charge in [0.2, 0.25) is 0 Å². The molecule has 0 bridgehead atoms. The van der Waals surface area contributed by atoms with Gasteiger partial charge in [-0.2, -0.15) is 0 Å². The molecule has 3 rings (SSSR count). The van der Waals surface area contributed by atoms with Crippen LogP contribution in [0.1, 0.15) is 16.8 Å². The van der Waals surface area contributed by atoms with Crippen LogP contribution >= 0.6 is 35.3 Å². The van der Waals surface area contributed by atoms with Crippen molar-refractivity contribution in [1.82, 2.24) is 9.88 Å². The van der Waals surface area contributed by atoms with Gasteiger partial charge in [0, 0.05) is 18.4 Å². The quantitative estimate of drug-likeness (QED) is 0.494. The van der Waals surface area contributed by atoms with E-state index in [-0.39, 0.29) is 23.2 Å². The lowest BCUT2D eigenvalue weighted by atomic mass is 10.2. The van der Waals surface area contributed by atoms with Crippen LogP contribution in [0.2, 0.25) is 5.02 Å². The normalized spacial score (nSPS) is 11.5. The van der Waals surface area contributed by atoms with Gasteiger partial charge in [-0.3, -0.25) is 9.69 Å². The van der Waals surface area contributed by atoms with Crippen LogP contribution in [0.4, 0.5) is 5.13 Å². The maximum absolute atomic E-state index is 13.2. The van der Waals surface area contributed by atoms with Crippen LogP contribution < -0.4 is 4.90 Å². The molecule has 0 radical (unpaired) electrons. The highest BCUT2D eigenvalue weighted by atomic mass is 35.5. The average Bonchev–Trinajstić information content (AvgIpc) is 3.09. The maximum Gasteiger partial charge on any atom is 0.260 e. The number of thiazole rings is 1. The third-order valence-electron chi connectivity index (χ3n) is 4.35. The van der Waals surface area contributed by atoms with Crippen molar-refractivity contribution in [3.05, 3.63) is 53.1 Å². The van der Waals surface area contributed by atoms with E-state index in [4.69, 9.17) is 11.6 Å². The smallest absolute Gasteiger partial charge is 0.260 e. The number of rotatable bonds is 7. The molecule has 162 valence electrons. The average molecular weight is 488 g/mol. The Morgan fingerprint density at radius 1 is 1.10 bits per heavy atom. The summed E-state index contributed by atoms with van der Waals surface area (Å²) in [6, 6.07) is 11.5. The minimum absolute atomic E-state index is 0. The summed E-state index contributed by atoms with van der Waals surface area (Å²) in [6.45, 7) is 1.31. The van der Waals surface area contributed by atoms with Crippen molar-refractivity contribution in [2.75, 3.05) is 38.3 Å². The van der Waals surface area contributed by atoms with Gasteiger partial charge < -0.3 is 4.90 Å². The highest BCUT2D eigenvalue weighted by Crippen LogP contribution is 2.33. The minimum Gasteiger partial charge on any atom is -0.309 e. The van der Waals surface area contributed by atoms with Gasteiger partial charge in [-0.15, -0.1) is 12.4 Å².